The quantitative estimate of drug-likeness (QED) is 0.750. The summed E-state index contributed by atoms with van der Waals surface area (Å²) in [6.45, 7) is 0. The molecule has 0 bridgehead atoms. The van der Waals surface area contributed by atoms with E-state index in [1.807, 2.05) is 0 Å². The molecule has 22 heavy (non-hydrogen) atoms. The maximum absolute atomic E-state index is 10.8. The highest BCUT2D eigenvalue weighted by Gasteiger charge is 2.11. The number of carboxylic acid groups (broad SMARTS) is 1. The Morgan fingerprint density at radius 1 is 1.05 bits per heavy atom. The molecule has 1 aromatic heterocycles. The Hall–Kier alpha value is -3.39. The van der Waals surface area contributed by atoms with E-state index in [1.54, 1.807) is 36.4 Å². The van der Waals surface area contributed by atoms with Crippen molar-refractivity contribution < 1.29 is 14.4 Å². The van der Waals surface area contributed by atoms with Gasteiger partial charge in [0.2, 0.25) is 5.82 Å². The summed E-state index contributed by atoms with van der Waals surface area (Å²) in [7, 11) is 0. The van der Waals surface area contributed by atoms with E-state index in [2.05, 4.69) is 16.1 Å². The number of benzene rings is 2. The monoisotopic (exact) mass is 290 g/mol. The maximum atomic E-state index is 10.8. The van der Waals surface area contributed by atoms with Crippen LogP contribution >= 0.6 is 0 Å². The molecule has 3 rings (SSSR count). The van der Waals surface area contributed by atoms with Crippen molar-refractivity contribution in [2.24, 2.45) is 0 Å². The van der Waals surface area contributed by atoms with E-state index in [1.165, 1.54) is 12.1 Å². The lowest BCUT2D eigenvalue weighted by atomic mass is 10.1. The summed E-state index contributed by atoms with van der Waals surface area (Å²) < 4.78 is 5.23. The van der Waals surface area contributed by atoms with Gasteiger partial charge in [-0.1, -0.05) is 23.2 Å². The summed E-state index contributed by atoms with van der Waals surface area (Å²) in [6.07, 6.45) is 5.31. The van der Waals surface area contributed by atoms with Crippen LogP contribution in [0.15, 0.2) is 53.1 Å². The fourth-order valence-electron chi connectivity index (χ4n) is 1.93. The molecule has 1 heterocycles. The summed E-state index contributed by atoms with van der Waals surface area (Å²) in [5.74, 6) is 2.33. The van der Waals surface area contributed by atoms with Gasteiger partial charge in [0.25, 0.3) is 5.89 Å². The summed E-state index contributed by atoms with van der Waals surface area (Å²) in [4.78, 5) is 15.1. The van der Waals surface area contributed by atoms with Gasteiger partial charge in [0.1, 0.15) is 0 Å². The van der Waals surface area contributed by atoms with Gasteiger partial charge in [-0.15, -0.1) is 6.42 Å². The normalized spacial score (nSPS) is 10.1. The van der Waals surface area contributed by atoms with Crippen molar-refractivity contribution in [2.75, 3.05) is 0 Å². The summed E-state index contributed by atoms with van der Waals surface area (Å²) in [5, 5.41) is 12.8. The molecule has 1 N–H and O–H groups in total. The molecule has 0 aliphatic rings. The number of hydrogen-bond donors (Lipinski definition) is 1. The van der Waals surface area contributed by atoms with Crippen LogP contribution in [0.4, 0.5) is 0 Å². The molecule has 0 amide bonds. The zero-order valence-electron chi connectivity index (χ0n) is 11.4. The number of nitrogens with zero attached hydrogens (tertiary/aromatic N) is 2. The Kier molecular flexibility index (Phi) is 3.42. The zero-order valence-corrected chi connectivity index (χ0v) is 11.4. The molecule has 0 unspecified atom stereocenters. The third kappa shape index (κ3) is 2.58. The molecule has 106 valence electrons. The van der Waals surface area contributed by atoms with Crippen molar-refractivity contribution in [1.82, 2.24) is 10.1 Å². The lowest BCUT2D eigenvalue weighted by molar-refractivity contribution is 0.0697. The van der Waals surface area contributed by atoms with Crippen LogP contribution in [0, 0.1) is 12.3 Å². The number of rotatable bonds is 3. The van der Waals surface area contributed by atoms with Crippen molar-refractivity contribution in [1.29, 1.82) is 0 Å². The molecular formula is C17H10N2O3. The van der Waals surface area contributed by atoms with Crippen molar-refractivity contribution in [3.05, 3.63) is 59.7 Å². The first-order valence-electron chi connectivity index (χ1n) is 6.42. The van der Waals surface area contributed by atoms with Crippen LogP contribution < -0.4 is 0 Å². The van der Waals surface area contributed by atoms with Gasteiger partial charge in [-0.05, 0) is 36.4 Å². The third-order valence-electron chi connectivity index (χ3n) is 3.11. The van der Waals surface area contributed by atoms with Gasteiger partial charge in [0.15, 0.2) is 0 Å². The SMILES string of the molecule is C#Cc1ccc(-c2nc(-c3ccc(C(=O)O)cc3)no2)cc1. The first-order chi connectivity index (χ1) is 10.7. The minimum Gasteiger partial charge on any atom is -0.478 e. The van der Waals surface area contributed by atoms with Crippen LogP contribution in [0.2, 0.25) is 0 Å². The standard InChI is InChI=1S/C17H10N2O3/c1-2-11-3-5-13(6-4-11)16-18-15(19-22-16)12-7-9-14(10-8-12)17(20)21/h1,3-10H,(H,20,21). The first kappa shape index (κ1) is 13.6. The van der Waals surface area contributed by atoms with Gasteiger partial charge < -0.3 is 9.63 Å². The number of carboxylic acids is 1. The Morgan fingerprint density at radius 3 is 2.27 bits per heavy atom. The molecule has 0 saturated carbocycles. The van der Waals surface area contributed by atoms with E-state index >= 15 is 0 Å². The van der Waals surface area contributed by atoms with Crippen LogP contribution in [-0.2, 0) is 0 Å². The topological polar surface area (TPSA) is 76.2 Å². The van der Waals surface area contributed by atoms with Crippen LogP contribution in [-0.4, -0.2) is 21.2 Å². The molecule has 0 fully saturated rings. The Morgan fingerprint density at radius 2 is 1.68 bits per heavy atom. The van der Waals surface area contributed by atoms with Gasteiger partial charge in [-0.25, -0.2) is 4.79 Å². The van der Waals surface area contributed by atoms with Gasteiger partial charge in [-0.2, -0.15) is 4.98 Å². The van der Waals surface area contributed by atoms with E-state index in [-0.39, 0.29) is 5.56 Å². The van der Waals surface area contributed by atoms with Crippen molar-refractivity contribution in [3.8, 4) is 35.2 Å². The molecule has 0 spiro atoms. The van der Waals surface area contributed by atoms with Crippen molar-refractivity contribution >= 4 is 5.97 Å². The zero-order chi connectivity index (χ0) is 15.5. The second-order valence-electron chi connectivity index (χ2n) is 4.53. The second kappa shape index (κ2) is 5.54. The predicted molar refractivity (Wildman–Crippen MR) is 80.1 cm³/mol. The van der Waals surface area contributed by atoms with E-state index in [4.69, 9.17) is 16.1 Å². The van der Waals surface area contributed by atoms with Crippen LogP contribution in [0.25, 0.3) is 22.8 Å². The number of hydrogen-bond acceptors (Lipinski definition) is 4. The highest BCUT2D eigenvalue weighted by Crippen LogP contribution is 2.22. The molecule has 0 aliphatic heterocycles. The fourth-order valence-corrected chi connectivity index (χ4v) is 1.93. The minimum atomic E-state index is -0.978. The highest BCUT2D eigenvalue weighted by atomic mass is 16.5. The maximum Gasteiger partial charge on any atom is 0.335 e. The van der Waals surface area contributed by atoms with Gasteiger partial charge in [-0.3, -0.25) is 0 Å². The molecule has 0 atom stereocenters. The lowest BCUT2D eigenvalue weighted by Crippen LogP contribution is -1.95. The minimum absolute atomic E-state index is 0.206. The summed E-state index contributed by atoms with van der Waals surface area (Å²) in [5.41, 5.74) is 2.42. The summed E-state index contributed by atoms with van der Waals surface area (Å²) in [6, 6.07) is 13.5. The fraction of sp³-hybridized carbons (Fsp3) is 0. The van der Waals surface area contributed by atoms with Crippen LogP contribution in [0.1, 0.15) is 15.9 Å². The van der Waals surface area contributed by atoms with E-state index in [0.29, 0.717) is 17.3 Å². The molecule has 0 aliphatic carbocycles. The third-order valence-corrected chi connectivity index (χ3v) is 3.11. The van der Waals surface area contributed by atoms with Gasteiger partial charge in [0, 0.05) is 16.7 Å². The Labute approximate surface area is 126 Å². The smallest absolute Gasteiger partial charge is 0.335 e. The summed E-state index contributed by atoms with van der Waals surface area (Å²) >= 11 is 0. The van der Waals surface area contributed by atoms with Gasteiger partial charge in [0.05, 0.1) is 5.56 Å². The number of terminal acetylenes is 1. The molecular weight excluding hydrogens is 280 g/mol. The number of aromatic nitrogens is 2. The number of aromatic carboxylic acids is 1. The van der Waals surface area contributed by atoms with Crippen molar-refractivity contribution in [3.63, 3.8) is 0 Å². The molecule has 2 aromatic carbocycles. The van der Waals surface area contributed by atoms with E-state index < -0.39 is 5.97 Å². The highest BCUT2D eigenvalue weighted by molar-refractivity contribution is 5.88. The molecule has 5 nitrogen and oxygen atoms in total. The molecule has 5 heteroatoms. The van der Waals surface area contributed by atoms with Crippen molar-refractivity contribution in [2.45, 2.75) is 0 Å². The predicted octanol–water partition coefficient (Wildman–Crippen LogP) is 3.08. The number of carbonyl (C=O) groups is 1. The molecule has 3 aromatic rings. The van der Waals surface area contributed by atoms with Crippen LogP contribution in [0.5, 0.6) is 0 Å². The average molecular weight is 290 g/mol. The van der Waals surface area contributed by atoms with Gasteiger partial charge >= 0.3 is 5.97 Å². The first-order valence-corrected chi connectivity index (χ1v) is 6.42. The average Bonchev–Trinajstić information content (AvgIpc) is 3.05. The largest absolute Gasteiger partial charge is 0.478 e. The molecule has 0 radical (unpaired) electrons. The molecule has 0 saturated heterocycles. The van der Waals surface area contributed by atoms with Crippen LogP contribution in [0.3, 0.4) is 0 Å². The Balaban J connectivity index is 1.89. The lowest BCUT2D eigenvalue weighted by Gasteiger charge is -1.96. The van der Waals surface area contributed by atoms with E-state index in [9.17, 15) is 4.79 Å². The van der Waals surface area contributed by atoms with E-state index in [0.717, 1.165) is 11.1 Å². The second-order valence-corrected chi connectivity index (χ2v) is 4.53. The Bertz CT molecular complexity index is 856.